The third kappa shape index (κ3) is 4.63. The second-order valence-corrected chi connectivity index (χ2v) is 8.52. The summed E-state index contributed by atoms with van der Waals surface area (Å²) in [5.74, 6) is -2.10. The van der Waals surface area contributed by atoms with Gasteiger partial charge in [0.25, 0.3) is 0 Å². The van der Waals surface area contributed by atoms with E-state index in [1.54, 1.807) is 56.3 Å². The molecule has 0 fully saturated rings. The Labute approximate surface area is 203 Å². The highest BCUT2D eigenvalue weighted by molar-refractivity contribution is 6.71. The first-order valence-electron chi connectivity index (χ1n) is 11.1. The van der Waals surface area contributed by atoms with Crippen molar-refractivity contribution < 1.29 is 19.8 Å². The van der Waals surface area contributed by atoms with Crippen molar-refractivity contribution in [3.63, 3.8) is 0 Å². The number of para-hydroxylation sites is 1. The number of rotatable bonds is 6. The number of carbonyl (C=O) groups is 2. The van der Waals surface area contributed by atoms with Gasteiger partial charge in [-0.15, -0.1) is 0 Å². The molecule has 1 heterocycles. The molecule has 178 valence electrons. The fraction of sp³-hybridized carbons (Fsp3) is 0.185. The van der Waals surface area contributed by atoms with Gasteiger partial charge in [-0.05, 0) is 74.2 Å². The number of aryl methyl sites for hydroxylation is 2. The first-order valence-corrected chi connectivity index (χ1v) is 11.1. The van der Waals surface area contributed by atoms with E-state index < -0.39 is 11.9 Å². The van der Waals surface area contributed by atoms with E-state index in [9.17, 15) is 19.8 Å². The molecule has 0 radical (unpaired) electrons. The number of phenols is 1. The number of carboxylic acid groups (broad SMARTS) is 1. The molecule has 4 rings (SSSR count). The van der Waals surface area contributed by atoms with Crippen LogP contribution in [0.25, 0.3) is 11.1 Å². The van der Waals surface area contributed by atoms with Gasteiger partial charge in [-0.25, -0.2) is 0 Å². The Hall–Kier alpha value is -4.46. The molecule has 0 saturated heterocycles. The summed E-state index contributed by atoms with van der Waals surface area (Å²) >= 11 is 0. The number of benzene rings is 3. The highest BCUT2D eigenvalue weighted by Gasteiger charge is 2.31. The van der Waals surface area contributed by atoms with E-state index in [1.807, 2.05) is 32.0 Å². The van der Waals surface area contributed by atoms with E-state index in [2.05, 4.69) is 15.6 Å². The highest BCUT2D eigenvalue weighted by atomic mass is 16.4. The number of nitrogens with zero attached hydrogens (tertiary/aromatic N) is 3. The molecule has 3 N–H and O–H groups in total. The van der Waals surface area contributed by atoms with Crippen molar-refractivity contribution in [1.29, 1.82) is 0 Å². The van der Waals surface area contributed by atoms with Crippen LogP contribution in [0.5, 0.6) is 5.75 Å². The molecule has 1 aliphatic heterocycles. The van der Waals surface area contributed by atoms with Gasteiger partial charge in [0.15, 0.2) is 5.71 Å². The van der Waals surface area contributed by atoms with Gasteiger partial charge in [0.1, 0.15) is 5.75 Å². The predicted octanol–water partition coefficient (Wildman–Crippen LogP) is 5.05. The van der Waals surface area contributed by atoms with Gasteiger partial charge in [-0.3, -0.25) is 15.0 Å². The SMILES string of the molecule is CC1=NN(c2ccc(C)c(C)c2)C(=O)C1=NNc1cc(-c2ccccc2O)ccc1C(C)C(=O)O. The lowest BCUT2D eigenvalue weighted by atomic mass is 9.95. The summed E-state index contributed by atoms with van der Waals surface area (Å²) in [5, 5.41) is 29.8. The maximum Gasteiger partial charge on any atom is 0.310 e. The molecule has 0 aromatic heterocycles. The first kappa shape index (κ1) is 23.7. The molecular formula is C27H26N4O4. The molecule has 0 bridgehead atoms. The zero-order valence-electron chi connectivity index (χ0n) is 19.9. The van der Waals surface area contributed by atoms with Crippen LogP contribution in [0.3, 0.4) is 0 Å². The maximum absolute atomic E-state index is 13.1. The van der Waals surface area contributed by atoms with Crippen molar-refractivity contribution in [2.24, 2.45) is 10.2 Å². The zero-order valence-corrected chi connectivity index (χ0v) is 19.9. The molecule has 35 heavy (non-hydrogen) atoms. The number of amides is 1. The Morgan fingerprint density at radius 2 is 1.77 bits per heavy atom. The van der Waals surface area contributed by atoms with Crippen LogP contribution in [0.15, 0.2) is 70.9 Å². The molecule has 8 heteroatoms. The fourth-order valence-electron chi connectivity index (χ4n) is 3.82. The topological polar surface area (TPSA) is 115 Å². The Morgan fingerprint density at radius 3 is 2.46 bits per heavy atom. The Kier molecular flexibility index (Phi) is 6.38. The van der Waals surface area contributed by atoms with Gasteiger partial charge in [0.2, 0.25) is 0 Å². The van der Waals surface area contributed by atoms with E-state index in [0.29, 0.717) is 33.8 Å². The van der Waals surface area contributed by atoms with E-state index >= 15 is 0 Å². The van der Waals surface area contributed by atoms with Crippen molar-refractivity contribution in [2.75, 3.05) is 10.4 Å². The summed E-state index contributed by atoms with van der Waals surface area (Å²) in [4.78, 5) is 24.8. The predicted molar refractivity (Wildman–Crippen MR) is 137 cm³/mol. The number of hydrazone groups is 2. The van der Waals surface area contributed by atoms with Gasteiger partial charge in [-0.2, -0.15) is 15.2 Å². The first-order chi connectivity index (χ1) is 16.7. The number of aliphatic carboxylic acids is 1. The smallest absolute Gasteiger partial charge is 0.310 e. The lowest BCUT2D eigenvalue weighted by Gasteiger charge is -2.16. The van der Waals surface area contributed by atoms with Gasteiger partial charge in [-0.1, -0.05) is 36.4 Å². The second-order valence-electron chi connectivity index (χ2n) is 8.52. The van der Waals surface area contributed by atoms with Crippen molar-refractivity contribution in [3.8, 4) is 16.9 Å². The monoisotopic (exact) mass is 470 g/mol. The van der Waals surface area contributed by atoms with Crippen LogP contribution in [-0.4, -0.2) is 33.5 Å². The van der Waals surface area contributed by atoms with E-state index in [-0.39, 0.29) is 17.4 Å². The maximum atomic E-state index is 13.1. The minimum Gasteiger partial charge on any atom is -0.507 e. The Morgan fingerprint density at radius 1 is 1.03 bits per heavy atom. The number of carbonyl (C=O) groups excluding carboxylic acids is 1. The largest absolute Gasteiger partial charge is 0.507 e. The summed E-state index contributed by atoms with van der Waals surface area (Å²) in [6, 6.07) is 17.7. The van der Waals surface area contributed by atoms with Gasteiger partial charge >= 0.3 is 11.9 Å². The minimum atomic E-state index is -0.994. The number of hydrogen-bond acceptors (Lipinski definition) is 6. The lowest BCUT2D eigenvalue weighted by Crippen LogP contribution is -2.28. The number of hydrogen-bond donors (Lipinski definition) is 3. The second kappa shape index (κ2) is 9.42. The lowest BCUT2D eigenvalue weighted by molar-refractivity contribution is -0.138. The normalized spacial score (nSPS) is 15.3. The number of phenolic OH excluding ortho intramolecular Hbond substituents is 1. The van der Waals surface area contributed by atoms with Gasteiger partial charge in [0, 0.05) is 5.56 Å². The fourth-order valence-corrected chi connectivity index (χ4v) is 3.82. The zero-order chi connectivity index (χ0) is 25.3. The molecule has 1 atom stereocenters. The summed E-state index contributed by atoms with van der Waals surface area (Å²) in [6.07, 6.45) is 0. The van der Waals surface area contributed by atoms with E-state index in [4.69, 9.17) is 0 Å². The molecule has 0 aliphatic carbocycles. The molecule has 1 aliphatic rings. The third-order valence-electron chi connectivity index (χ3n) is 6.12. The average Bonchev–Trinajstić information content (AvgIpc) is 3.12. The quantitative estimate of drug-likeness (QED) is 0.436. The Balaban J connectivity index is 1.70. The van der Waals surface area contributed by atoms with Gasteiger partial charge < -0.3 is 10.2 Å². The summed E-state index contributed by atoms with van der Waals surface area (Å²) in [7, 11) is 0. The van der Waals surface area contributed by atoms with Crippen LogP contribution < -0.4 is 10.4 Å². The summed E-state index contributed by atoms with van der Waals surface area (Å²) in [6.45, 7) is 7.23. The van der Waals surface area contributed by atoms with Crippen LogP contribution in [-0.2, 0) is 9.59 Å². The highest BCUT2D eigenvalue weighted by Crippen LogP contribution is 2.34. The average molecular weight is 471 g/mol. The standard InChI is InChI=1S/C27H26N4O4/c1-15-9-11-20(13-16(15)2)31-26(33)25(18(4)30-31)29-28-23-14-19(22-7-5-6-8-24(22)32)10-12-21(23)17(3)27(34)35/h5-14,17,28,32H,1-4H3,(H,34,35). The van der Waals surface area contributed by atoms with Crippen LogP contribution >= 0.6 is 0 Å². The van der Waals surface area contributed by atoms with Crippen LogP contribution in [0.2, 0.25) is 0 Å². The number of carboxylic acids is 1. The molecule has 1 amide bonds. The molecular weight excluding hydrogens is 444 g/mol. The minimum absolute atomic E-state index is 0.0989. The van der Waals surface area contributed by atoms with Crippen molar-refractivity contribution in [3.05, 3.63) is 77.4 Å². The third-order valence-corrected chi connectivity index (χ3v) is 6.12. The molecule has 1 unspecified atom stereocenters. The van der Waals surface area contributed by atoms with Crippen molar-refractivity contribution in [1.82, 2.24) is 0 Å². The van der Waals surface area contributed by atoms with Crippen LogP contribution in [0.4, 0.5) is 11.4 Å². The molecule has 8 nitrogen and oxygen atoms in total. The number of anilines is 2. The van der Waals surface area contributed by atoms with Crippen molar-refractivity contribution in [2.45, 2.75) is 33.6 Å². The number of aromatic hydroxyl groups is 1. The molecule has 3 aromatic rings. The van der Waals surface area contributed by atoms with E-state index in [0.717, 1.165) is 11.1 Å². The summed E-state index contributed by atoms with van der Waals surface area (Å²) < 4.78 is 0. The summed E-state index contributed by atoms with van der Waals surface area (Å²) in [5.41, 5.74) is 8.42. The van der Waals surface area contributed by atoms with Gasteiger partial charge in [0.05, 0.1) is 23.0 Å². The van der Waals surface area contributed by atoms with Crippen LogP contribution in [0, 0.1) is 13.8 Å². The van der Waals surface area contributed by atoms with E-state index in [1.165, 1.54) is 5.01 Å². The molecule has 0 spiro atoms. The number of nitrogens with one attached hydrogen (secondary N) is 1. The Bertz CT molecular complexity index is 1390. The van der Waals surface area contributed by atoms with Crippen LogP contribution in [0.1, 0.15) is 36.5 Å². The molecule has 0 saturated carbocycles. The molecule has 3 aromatic carbocycles. The van der Waals surface area contributed by atoms with Crippen molar-refractivity contribution >= 4 is 34.7 Å².